The van der Waals surface area contributed by atoms with Crippen molar-refractivity contribution in [3.05, 3.63) is 56.7 Å². The van der Waals surface area contributed by atoms with E-state index in [-0.39, 0.29) is 0 Å². The fourth-order valence-corrected chi connectivity index (χ4v) is 2.30. The molecule has 17 heavy (non-hydrogen) atoms. The number of hydrogen-bond donors (Lipinski definition) is 1. The average molecular weight is 309 g/mol. The normalized spacial score (nSPS) is 11.5. The second kappa shape index (κ2) is 5.29. The van der Waals surface area contributed by atoms with Crippen molar-refractivity contribution in [3.63, 3.8) is 0 Å². The van der Waals surface area contributed by atoms with E-state index in [2.05, 4.69) is 15.9 Å². The van der Waals surface area contributed by atoms with Crippen molar-refractivity contribution >= 4 is 44.9 Å². The molecule has 1 aromatic heterocycles. The summed E-state index contributed by atoms with van der Waals surface area (Å²) in [6.07, 6.45) is 1.68. The lowest BCUT2D eigenvalue weighted by atomic mass is 10.0. The summed E-state index contributed by atoms with van der Waals surface area (Å²) in [4.78, 5) is 11.2. The molecule has 0 saturated heterocycles. The quantitative estimate of drug-likeness (QED) is 0.865. The molecule has 0 fully saturated rings. The number of carbonyl (C=O) groups is 1. The number of halogens is 1. The molecule has 2 nitrogen and oxygen atoms in total. The maximum absolute atomic E-state index is 11.2. The van der Waals surface area contributed by atoms with Crippen molar-refractivity contribution in [2.75, 3.05) is 0 Å². The molecule has 1 heterocycles. The van der Waals surface area contributed by atoms with E-state index >= 15 is 0 Å². The fraction of sp³-hybridized carbons (Fsp3) is 0. The van der Waals surface area contributed by atoms with E-state index in [9.17, 15) is 9.90 Å². The van der Waals surface area contributed by atoms with Gasteiger partial charge in [0.2, 0.25) is 0 Å². The Hall–Kier alpha value is -1.39. The van der Waals surface area contributed by atoms with Crippen LogP contribution in [0.25, 0.3) is 11.6 Å². The van der Waals surface area contributed by atoms with Crippen LogP contribution in [0.15, 0.2) is 45.6 Å². The van der Waals surface area contributed by atoms with E-state index in [0.29, 0.717) is 11.1 Å². The Morgan fingerprint density at radius 2 is 1.94 bits per heavy atom. The van der Waals surface area contributed by atoms with Gasteiger partial charge in [0.25, 0.3) is 0 Å². The summed E-state index contributed by atoms with van der Waals surface area (Å²) in [5.41, 5.74) is 1.91. The summed E-state index contributed by atoms with van der Waals surface area (Å²) in [5.74, 6) is -0.918. The number of rotatable bonds is 3. The Labute approximate surface area is 111 Å². The number of benzene rings is 1. The average Bonchev–Trinajstić information content (AvgIpc) is 2.80. The van der Waals surface area contributed by atoms with Crippen molar-refractivity contribution in [2.24, 2.45) is 0 Å². The first-order valence-corrected chi connectivity index (χ1v) is 6.63. The Morgan fingerprint density at radius 1 is 1.24 bits per heavy atom. The maximum atomic E-state index is 11.2. The van der Waals surface area contributed by atoms with Crippen LogP contribution < -0.4 is 0 Å². The standard InChI is InChI=1S/C13H9BrO2S/c14-11-3-1-10(2-4-11)12(13(15)16)7-9-5-6-17-8-9/h1-8H,(H,15,16)/b12-7-. The second-order valence-corrected chi connectivity index (χ2v) is 5.12. The molecule has 0 aliphatic carbocycles. The minimum Gasteiger partial charge on any atom is -0.478 e. The molecule has 1 N–H and O–H groups in total. The van der Waals surface area contributed by atoms with Gasteiger partial charge in [-0.25, -0.2) is 4.79 Å². The van der Waals surface area contributed by atoms with E-state index in [1.54, 1.807) is 29.5 Å². The first-order valence-electron chi connectivity index (χ1n) is 4.90. The molecule has 1 aromatic carbocycles. The predicted molar refractivity (Wildman–Crippen MR) is 74.0 cm³/mol. The molecule has 2 aromatic rings. The molecule has 0 spiro atoms. The van der Waals surface area contributed by atoms with E-state index in [4.69, 9.17) is 0 Å². The van der Waals surface area contributed by atoms with Gasteiger partial charge in [-0.1, -0.05) is 28.1 Å². The van der Waals surface area contributed by atoms with Gasteiger partial charge in [-0.15, -0.1) is 0 Å². The number of carboxylic acid groups (broad SMARTS) is 1. The number of thiophene rings is 1. The van der Waals surface area contributed by atoms with Gasteiger partial charge in [0.05, 0.1) is 5.57 Å². The van der Waals surface area contributed by atoms with Crippen LogP contribution >= 0.6 is 27.3 Å². The highest BCUT2D eigenvalue weighted by Gasteiger charge is 2.10. The molecular formula is C13H9BrO2S. The van der Waals surface area contributed by atoms with Crippen molar-refractivity contribution in [3.8, 4) is 0 Å². The van der Waals surface area contributed by atoms with Crippen LogP contribution in [-0.2, 0) is 4.79 Å². The van der Waals surface area contributed by atoms with Crippen molar-refractivity contribution in [1.82, 2.24) is 0 Å². The zero-order valence-corrected chi connectivity index (χ0v) is 11.2. The van der Waals surface area contributed by atoms with Crippen LogP contribution in [0.4, 0.5) is 0 Å². The summed E-state index contributed by atoms with van der Waals surface area (Å²) >= 11 is 4.87. The summed E-state index contributed by atoms with van der Waals surface area (Å²) in [7, 11) is 0. The maximum Gasteiger partial charge on any atom is 0.336 e. The minimum absolute atomic E-state index is 0.302. The Balaban J connectivity index is 2.43. The SMILES string of the molecule is O=C(O)/C(=C\c1ccsc1)c1ccc(Br)cc1. The summed E-state index contributed by atoms with van der Waals surface area (Å²) in [6.45, 7) is 0. The van der Waals surface area contributed by atoms with Crippen LogP contribution in [0.3, 0.4) is 0 Å². The monoisotopic (exact) mass is 308 g/mol. The molecule has 0 saturated carbocycles. The van der Waals surface area contributed by atoms with Crippen LogP contribution in [0.5, 0.6) is 0 Å². The van der Waals surface area contributed by atoms with Crippen LogP contribution in [-0.4, -0.2) is 11.1 Å². The van der Waals surface area contributed by atoms with Crippen molar-refractivity contribution < 1.29 is 9.90 Å². The summed E-state index contributed by atoms with van der Waals surface area (Å²) in [5, 5.41) is 13.1. The molecule has 0 radical (unpaired) electrons. The number of hydrogen-bond acceptors (Lipinski definition) is 2. The minimum atomic E-state index is -0.918. The second-order valence-electron chi connectivity index (χ2n) is 3.43. The highest BCUT2D eigenvalue weighted by molar-refractivity contribution is 9.10. The summed E-state index contributed by atoms with van der Waals surface area (Å²) < 4.78 is 0.932. The van der Waals surface area contributed by atoms with Crippen LogP contribution in [0.2, 0.25) is 0 Å². The summed E-state index contributed by atoms with van der Waals surface area (Å²) in [6, 6.07) is 9.14. The van der Waals surface area contributed by atoms with Gasteiger partial charge in [0.1, 0.15) is 0 Å². The molecule has 86 valence electrons. The first kappa shape index (κ1) is 12.1. The van der Waals surface area contributed by atoms with E-state index < -0.39 is 5.97 Å². The Bertz CT molecular complexity index is 541. The van der Waals surface area contributed by atoms with Gasteiger partial charge in [-0.3, -0.25) is 0 Å². The molecule has 2 rings (SSSR count). The molecule has 0 atom stereocenters. The van der Waals surface area contributed by atoms with Gasteiger partial charge in [0, 0.05) is 4.47 Å². The zero-order chi connectivity index (χ0) is 12.3. The van der Waals surface area contributed by atoms with Gasteiger partial charge in [0.15, 0.2) is 0 Å². The van der Waals surface area contributed by atoms with Crippen LogP contribution in [0.1, 0.15) is 11.1 Å². The molecule has 0 unspecified atom stereocenters. The van der Waals surface area contributed by atoms with Gasteiger partial charge < -0.3 is 5.11 Å². The smallest absolute Gasteiger partial charge is 0.336 e. The van der Waals surface area contributed by atoms with Gasteiger partial charge in [-0.05, 0) is 46.2 Å². The fourth-order valence-electron chi connectivity index (χ4n) is 1.42. The Kier molecular flexibility index (Phi) is 3.76. The number of carboxylic acids is 1. The van der Waals surface area contributed by atoms with E-state index in [0.717, 1.165) is 10.0 Å². The molecule has 0 amide bonds. The molecule has 4 heteroatoms. The van der Waals surface area contributed by atoms with Gasteiger partial charge in [-0.2, -0.15) is 11.3 Å². The third-order valence-electron chi connectivity index (χ3n) is 2.24. The lowest BCUT2D eigenvalue weighted by Crippen LogP contribution is -1.99. The molecular weight excluding hydrogens is 300 g/mol. The van der Waals surface area contributed by atoms with Gasteiger partial charge >= 0.3 is 5.97 Å². The molecule has 0 aliphatic heterocycles. The highest BCUT2D eigenvalue weighted by atomic mass is 79.9. The topological polar surface area (TPSA) is 37.3 Å². The lowest BCUT2D eigenvalue weighted by molar-refractivity contribution is -0.130. The highest BCUT2D eigenvalue weighted by Crippen LogP contribution is 2.21. The number of aliphatic carboxylic acids is 1. The molecule has 0 aliphatic rings. The lowest BCUT2D eigenvalue weighted by Gasteiger charge is -2.02. The first-order chi connectivity index (χ1) is 8.16. The predicted octanol–water partition coefficient (Wildman–Crippen LogP) is 4.14. The zero-order valence-electron chi connectivity index (χ0n) is 8.76. The van der Waals surface area contributed by atoms with E-state index in [1.807, 2.05) is 29.0 Å². The van der Waals surface area contributed by atoms with Crippen molar-refractivity contribution in [2.45, 2.75) is 0 Å². The van der Waals surface area contributed by atoms with E-state index in [1.165, 1.54) is 0 Å². The largest absolute Gasteiger partial charge is 0.478 e. The molecule has 0 bridgehead atoms. The third-order valence-corrected chi connectivity index (χ3v) is 3.47. The Morgan fingerprint density at radius 3 is 2.47 bits per heavy atom. The van der Waals surface area contributed by atoms with Crippen LogP contribution in [0, 0.1) is 0 Å². The third kappa shape index (κ3) is 3.05. The van der Waals surface area contributed by atoms with Crippen molar-refractivity contribution in [1.29, 1.82) is 0 Å².